The van der Waals surface area contributed by atoms with E-state index in [1.54, 1.807) is 0 Å². The summed E-state index contributed by atoms with van der Waals surface area (Å²) in [4.78, 5) is 12.0. The fourth-order valence-corrected chi connectivity index (χ4v) is 1.81. The summed E-state index contributed by atoms with van der Waals surface area (Å²) in [5, 5.41) is 2.75. The molecule has 1 atom stereocenters. The Morgan fingerprint density at radius 3 is 2.53 bits per heavy atom. The van der Waals surface area contributed by atoms with Crippen molar-refractivity contribution in [1.82, 2.24) is 5.32 Å². The molecule has 98 valence electrons. The van der Waals surface area contributed by atoms with E-state index in [9.17, 15) is 9.18 Å². The second-order valence-corrected chi connectivity index (χ2v) is 4.35. The molecule has 0 aliphatic heterocycles. The topological polar surface area (TPSA) is 55.1 Å². The normalized spacial score (nSPS) is 11.9. The highest BCUT2D eigenvalue weighted by Crippen LogP contribution is 2.15. The van der Waals surface area contributed by atoms with Gasteiger partial charge in [0, 0.05) is 5.69 Å². The minimum absolute atomic E-state index is 0.00280. The Balaban J connectivity index is 2.13. The minimum Gasteiger partial charge on any atom is -0.399 e. The molecule has 2 rings (SSSR count). The predicted octanol–water partition coefficient (Wildman–Crippen LogP) is 2.90. The summed E-state index contributed by atoms with van der Waals surface area (Å²) in [6, 6.07) is 13.3. The Morgan fingerprint density at radius 1 is 1.21 bits per heavy atom. The maximum absolute atomic E-state index is 13.6. The first-order valence-electron chi connectivity index (χ1n) is 5.99. The summed E-state index contributed by atoms with van der Waals surface area (Å²) in [6.45, 7) is 1.85. The summed E-state index contributed by atoms with van der Waals surface area (Å²) >= 11 is 0. The van der Waals surface area contributed by atoms with Gasteiger partial charge in [0.25, 0.3) is 5.91 Å². The number of rotatable bonds is 3. The lowest BCUT2D eigenvalue weighted by molar-refractivity contribution is 0.0936. The number of anilines is 1. The molecule has 0 saturated heterocycles. The van der Waals surface area contributed by atoms with Crippen LogP contribution in [-0.4, -0.2) is 5.91 Å². The summed E-state index contributed by atoms with van der Waals surface area (Å²) in [7, 11) is 0. The average molecular weight is 258 g/mol. The van der Waals surface area contributed by atoms with Crippen LogP contribution < -0.4 is 11.1 Å². The number of hydrogen-bond acceptors (Lipinski definition) is 2. The van der Waals surface area contributed by atoms with Crippen LogP contribution in [0.15, 0.2) is 48.5 Å². The molecule has 0 radical (unpaired) electrons. The first-order valence-corrected chi connectivity index (χ1v) is 5.99. The van der Waals surface area contributed by atoms with Crippen molar-refractivity contribution in [3.63, 3.8) is 0 Å². The Morgan fingerprint density at radius 2 is 1.89 bits per heavy atom. The fourth-order valence-electron chi connectivity index (χ4n) is 1.81. The Hall–Kier alpha value is -2.36. The maximum atomic E-state index is 13.6. The molecule has 3 N–H and O–H groups in total. The quantitative estimate of drug-likeness (QED) is 0.832. The van der Waals surface area contributed by atoms with E-state index in [-0.39, 0.29) is 11.6 Å². The molecule has 0 unspecified atom stereocenters. The number of nitrogen functional groups attached to an aromatic ring is 1. The Kier molecular flexibility index (Phi) is 3.80. The van der Waals surface area contributed by atoms with Crippen molar-refractivity contribution in [2.45, 2.75) is 13.0 Å². The molecule has 0 aliphatic rings. The number of carbonyl (C=O) groups is 1. The molecule has 0 aliphatic carbocycles. The van der Waals surface area contributed by atoms with Crippen molar-refractivity contribution in [3.8, 4) is 0 Å². The molecule has 0 saturated carbocycles. The number of amides is 1. The van der Waals surface area contributed by atoms with E-state index in [0.29, 0.717) is 5.69 Å². The zero-order chi connectivity index (χ0) is 13.8. The van der Waals surface area contributed by atoms with Crippen LogP contribution in [0.25, 0.3) is 0 Å². The molecule has 0 bridgehead atoms. The van der Waals surface area contributed by atoms with Crippen molar-refractivity contribution < 1.29 is 9.18 Å². The molecule has 2 aromatic carbocycles. The van der Waals surface area contributed by atoms with Gasteiger partial charge in [-0.25, -0.2) is 4.39 Å². The lowest BCUT2D eigenvalue weighted by Crippen LogP contribution is -2.27. The third kappa shape index (κ3) is 3.10. The number of nitrogens with one attached hydrogen (secondary N) is 1. The Bertz CT molecular complexity index is 584. The molecule has 1 amide bonds. The highest BCUT2D eigenvalue weighted by molar-refractivity contribution is 5.95. The van der Waals surface area contributed by atoms with Gasteiger partial charge in [-0.15, -0.1) is 0 Å². The predicted molar refractivity (Wildman–Crippen MR) is 73.1 cm³/mol. The molecule has 4 heteroatoms. The number of nitrogens with two attached hydrogens (primary N) is 1. The van der Waals surface area contributed by atoms with Crippen LogP contribution in [0.2, 0.25) is 0 Å². The van der Waals surface area contributed by atoms with Gasteiger partial charge in [-0.2, -0.15) is 0 Å². The average Bonchev–Trinajstić information content (AvgIpc) is 2.39. The van der Waals surface area contributed by atoms with Crippen molar-refractivity contribution >= 4 is 11.6 Å². The van der Waals surface area contributed by atoms with Gasteiger partial charge in [-0.1, -0.05) is 30.3 Å². The molecule has 0 aromatic heterocycles. The lowest BCUT2D eigenvalue weighted by Gasteiger charge is -2.14. The standard InChI is InChI=1S/C15H15FN2O/c1-10(11-5-3-2-4-6-11)18-15(19)13-8-7-12(17)9-14(13)16/h2-10H,17H2,1H3,(H,18,19)/t10-/m0/s1. The smallest absolute Gasteiger partial charge is 0.254 e. The SMILES string of the molecule is C[C@H](NC(=O)c1ccc(N)cc1F)c1ccccc1. The van der Waals surface area contributed by atoms with Crippen LogP contribution >= 0.6 is 0 Å². The van der Waals surface area contributed by atoms with E-state index in [1.165, 1.54) is 12.1 Å². The van der Waals surface area contributed by atoms with E-state index in [1.807, 2.05) is 37.3 Å². The van der Waals surface area contributed by atoms with Crippen LogP contribution in [0.3, 0.4) is 0 Å². The number of halogens is 1. The van der Waals surface area contributed by atoms with Crippen molar-refractivity contribution in [2.75, 3.05) is 5.73 Å². The zero-order valence-electron chi connectivity index (χ0n) is 10.6. The summed E-state index contributed by atoms with van der Waals surface area (Å²) < 4.78 is 13.6. The molecule has 0 heterocycles. The van der Waals surface area contributed by atoms with Gasteiger partial charge in [0.05, 0.1) is 11.6 Å². The Labute approximate surface area is 111 Å². The van der Waals surface area contributed by atoms with E-state index in [0.717, 1.165) is 11.6 Å². The number of carbonyl (C=O) groups excluding carboxylic acids is 1. The molecule has 0 fully saturated rings. The van der Waals surface area contributed by atoms with Crippen molar-refractivity contribution in [1.29, 1.82) is 0 Å². The summed E-state index contributed by atoms with van der Waals surface area (Å²) in [5.41, 5.74) is 6.71. The van der Waals surface area contributed by atoms with Gasteiger partial charge in [0.15, 0.2) is 0 Å². The fraction of sp³-hybridized carbons (Fsp3) is 0.133. The van der Waals surface area contributed by atoms with E-state index in [4.69, 9.17) is 5.73 Å². The zero-order valence-corrected chi connectivity index (χ0v) is 10.6. The monoisotopic (exact) mass is 258 g/mol. The first-order chi connectivity index (χ1) is 9.08. The van der Waals surface area contributed by atoms with Gasteiger partial charge >= 0.3 is 0 Å². The molecule has 3 nitrogen and oxygen atoms in total. The van der Waals surface area contributed by atoms with E-state index >= 15 is 0 Å². The molecular formula is C15H15FN2O. The van der Waals surface area contributed by atoms with Crippen LogP contribution in [0, 0.1) is 5.82 Å². The van der Waals surface area contributed by atoms with Gasteiger partial charge in [0.1, 0.15) is 5.82 Å². The van der Waals surface area contributed by atoms with Crippen LogP contribution in [0.1, 0.15) is 28.9 Å². The molecular weight excluding hydrogens is 243 g/mol. The lowest BCUT2D eigenvalue weighted by atomic mass is 10.1. The molecule has 2 aromatic rings. The van der Waals surface area contributed by atoms with Crippen LogP contribution in [-0.2, 0) is 0 Å². The summed E-state index contributed by atoms with van der Waals surface area (Å²) in [6.07, 6.45) is 0. The third-order valence-electron chi connectivity index (χ3n) is 2.88. The van der Waals surface area contributed by atoms with Crippen LogP contribution in [0.5, 0.6) is 0 Å². The van der Waals surface area contributed by atoms with Gasteiger partial charge in [-0.3, -0.25) is 4.79 Å². The minimum atomic E-state index is -0.613. The molecule has 0 spiro atoms. The van der Waals surface area contributed by atoms with E-state index < -0.39 is 11.7 Å². The van der Waals surface area contributed by atoms with Crippen molar-refractivity contribution in [3.05, 3.63) is 65.5 Å². The number of hydrogen-bond donors (Lipinski definition) is 2. The van der Waals surface area contributed by atoms with Gasteiger partial charge in [0.2, 0.25) is 0 Å². The van der Waals surface area contributed by atoms with Gasteiger partial charge in [-0.05, 0) is 30.7 Å². The highest BCUT2D eigenvalue weighted by Gasteiger charge is 2.14. The largest absolute Gasteiger partial charge is 0.399 e. The highest BCUT2D eigenvalue weighted by atomic mass is 19.1. The summed E-state index contributed by atoms with van der Waals surface area (Å²) in [5.74, 6) is -1.06. The van der Waals surface area contributed by atoms with E-state index in [2.05, 4.69) is 5.32 Å². The van der Waals surface area contributed by atoms with Gasteiger partial charge < -0.3 is 11.1 Å². The first kappa shape index (κ1) is 13.1. The second-order valence-electron chi connectivity index (χ2n) is 4.35. The van der Waals surface area contributed by atoms with Crippen LogP contribution in [0.4, 0.5) is 10.1 Å². The number of benzene rings is 2. The molecule has 19 heavy (non-hydrogen) atoms. The third-order valence-corrected chi connectivity index (χ3v) is 2.88. The van der Waals surface area contributed by atoms with Crippen molar-refractivity contribution in [2.24, 2.45) is 0 Å². The maximum Gasteiger partial charge on any atom is 0.254 e. The second kappa shape index (κ2) is 5.52.